The molecule has 1 saturated heterocycles. The number of hydrogen-bond donors (Lipinski definition) is 2. The molecule has 1 aliphatic heterocycles. The number of carbonyl (C=O) groups is 3. The summed E-state index contributed by atoms with van der Waals surface area (Å²) in [5, 5.41) is 17.3. The van der Waals surface area contributed by atoms with Gasteiger partial charge in [0, 0.05) is 37.0 Å². The van der Waals surface area contributed by atoms with Gasteiger partial charge in [0.15, 0.2) is 0 Å². The zero-order valence-electron chi connectivity index (χ0n) is 17.9. The van der Waals surface area contributed by atoms with Crippen molar-refractivity contribution >= 4 is 29.1 Å². The van der Waals surface area contributed by atoms with Crippen molar-refractivity contribution in [3.05, 3.63) is 46.0 Å². The minimum atomic E-state index is -0.529. The zero-order chi connectivity index (χ0) is 22.7. The molecule has 0 aromatic heterocycles. The number of nitrogens with one attached hydrogen (secondary N) is 2. The van der Waals surface area contributed by atoms with E-state index in [0.717, 1.165) is 32.1 Å². The number of rotatable bonds is 7. The van der Waals surface area contributed by atoms with Crippen molar-refractivity contribution in [3.8, 4) is 0 Å². The first-order chi connectivity index (χ1) is 15.5. The molecule has 2 fully saturated rings. The van der Waals surface area contributed by atoms with Gasteiger partial charge in [-0.3, -0.25) is 29.4 Å². The summed E-state index contributed by atoms with van der Waals surface area (Å²) in [6.45, 7) is 0.442. The Morgan fingerprint density at radius 3 is 2.34 bits per heavy atom. The van der Waals surface area contributed by atoms with E-state index in [0.29, 0.717) is 18.5 Å². The average molecular weight is 441 g/mol. The first kappa shape index (κ1) is 22.0. The van der Waals surface area contributed by atoms with Crippen molar-refractivity contribution in [2.75, 3.05) is 18.4 Å². The van der Waals surface area contributed by atoms with E-state index in [4.69, 9.17) is 0 Å². The molecule has 0 bridgehead atoms. The SMILES string of the molecule is O=C(NC1CCCCC1)c1cc([N+](=O)[O-])ccc1NCCN1C(=O)[C@@H]2CC=CC[C@H]2C1=O. The lowest BCUT2D eigenvalue weighted by Gasteiger charge is -2.23. The fourth-order valence-electron chi connectivity index (χ4n) is 4.89. The van der Waals surface area contributed by atoms with Crippen LogP contribution >= 0.6 is 0 Å². The van der Waals surface area contributed by atoms with Gasteiger partial charge >= 0.3 is 0 Å². The lowest BCUT2D eigenvalue weighted by molar-refractivity contribution is -0.384. The van der Waals surface area contributed by atoms with Crippen LogP contribution in [0.15, 0.2) is 30.4 Å². The number of anilines is 1. The molecule has 1 aromatic rings. The third-order valence-corrected chi connectivity index (χ3v) is 6.65. The van der Waals surface area contributed by atoms with Gasteiger partial charge in [-0.2, -0.15) is 0 Å². The summed E-state index contributed by atoms with van der Waals surface area (Å²) in [6, 6.07) is 4.18. The van der Waals surface area contributed by atoms with E-state index >= 15 is 0 Å². The maximum absolute atomic E-state index is 12.9. The van der Waals surface area contributed by atoms with Crippen LogP contribution in [0.2, 0.25) is 0 Å². The number of carbonyl (C=O) groups excluding carboxylic acids is 3. The maximum Gasteiger partial charge on any atom is 0.270 e. The fourth-order valence-corrected chi connectivity index (χ4v) is 4.89. The van der Waals surface area contributed by atoms with Crippen molar-refractivity contribution in [1.29, 1.82) is 0 Å². The first-order valence-corrected chi connectivity index (χ1v) is 11.3. The molecule has 1 saturated carbocycles. The van der Waals surface area contributed by atoms with E-state index in [1.807, 2.05) is 12.2 Å². The summed E-state index contributed by atoms with van der Waals surface area (Å²) in [7, 11) is 0. The summed E-state index contributed by atoms with van der Waals surface area (Å²) in [6.07, 6.45) is 10.1. The molecule has 170 valence electrons. The normalized spacial score (nSPS) is 23.2. The van der Waals surface area contributed by atoms with Gasteiger partial charge < -0.3 is 10.6 Å². The smallest absolute Gasteiger partial charge is 0.270 e. The van der Waals surface area contributed by atoms with Gasteiger partial charge in [0.1, 0.15) is 0 Å². The van der Waals surface area contributed by atoms with Crippen molar-refractivity contribution in [2.24, 2.45) is 11.8 Å². The summed E-state index contributed by atoms with van der Waals surface area (Å²) in [4.78, 5) is 50.1. The molecule has 9 heteroatoms. The number of allylic oxidation sites excluding steroid dienone is 2. The van der Waals surface area contributed by atoms with Gasteiger partial charge in [0.05, 0.1) is 22.3 Å². The first-order valence-electron chi connectivity index (χ1n) is 11.3. The molecular weight excluding hydrogens is 412 g/mol. The highest BCUT2D eigenvalue weighted by molar-refractivity contribution is 6.05. The van der Waals surface area contributed by atoms with Gasteiger partial charge in [0.25, 0.3) is 11.6 Å². The van der Waals surface area contributed by atoms with Gasteiger partial charge in [-0.1, -0.05) is 31.4 Å². The number of non-ortho nitro benzene ring substituents is 1. The van der Waals surface area contributed by atoms with E-state index in [1.54, 1.807) is 0 Å². The molecule has 2 atom stereocenters. The van der Waals surface area contributed by atoms with Crippen LogP contribution in [-0.2, 0) is 9.59 Å². The molecular formula is C23H28N4O5. The third-order valence-electron chi connectivity index (χ3n) is 6.65. The monoisotopic (exact) mass is 440 g/mol. The van der Waals surface area contributed by atoms with Gasteiger partial charge in [-0.15, -0.1) is 0 Å². The Morgan fingerprint density at radius 2 is 1.72 bits per heavy atom. The van der Waals surface area contributed by atoms with E-state index in [9.17, 15) is 24.5 Å². The van der Waals surface area contributed by atoms with Crippen LogP contribution in [-0.4, -0.2) is 46.7 Å². The van der Waals surface area contributed by atoms with Crippen LogP contribution in [0.4, 0.5) is 11.4 Å². The number of amides is 3. The minimum Gasteiger partial charge on any atom is -0.383 e. The molecule has 3 aliphatic rings. The van der Waals surface area contributed by atoms with Gasteiger partial charge in [0.2, 0.25) is 11.8 Å². The van der Waals surface area contributed by atoms with Crippen molar-refractivity contribution in [2.45, 2.75) is 51.0 Å². The Hall–Kier alpha value is -3.23. The Kier molecular flexibility index (Phi) is 6.53. The van der Waals surface area contributed by atoms with Crippen molar-refractivity contribution in [1.82, 2.24) is 10.2 Å². The molecule has 2 aliphatic carbocycles. The second-order valence-corrected chi connectivity index (χ2v) is 8.71. The van der Waals surface area contributed by atoms with Crippen molar-refractivity contribution in [3.63, 3.8) is 0 Å². The second kappa shape index (κ2) is 9.50. The minimum absolute atomic E-state index is 0.0696. The van der Waals surface area contributed by atoms with Crippen LogP contribution < -0.4 is 10.6 Å². The number of nitrogens with zero attached hydrogens (tertiary/aromatic N) is 2. The fraction of sp³-hybridized carbons (Fsp3) is 0.522. The van der Waals surface area contributed by atoms with E-state index < -0.39 is 4.92 Å². The third kappa shape index (κ3) is 4.51. The Balaban J connectivity index is 1.43. The Labute approximate surface area is 186 Å². The zero-order valence-corrected chi connectivity index (χ0v) is 17.9. The Bertz CT molecular complexity index is 928. The van der Waals surface area contributed by atoms with Crippen molar-refractivity contribution < 1.29 is 19.3 Å². The molecule has 0 spiro atoms. The van der Waals surface area contributed by atoms with Crippen LogP contribution in [0, 0.1) is 22.0 Å². The highest BCUT2D eigenvalue weighted by Gasteiger charge is 2.46. The van der Waals surface area contributed by atoms with Gasteiger partial charge in [-0.25, -0.2) is 0 Å². The molecule has 32 heavy (non-hydrogen) atoms. The molecule has 1 aromatic carbocycles. The summed E-state index contributed by atoms with van der Waals surface area (Å²) >= 11 is 0. The highest BCUT2D eigenvalue weighted by atomic mass is 16.6. The summed E-state index contributed by atoms with van der Waals surface area (Å²) in [5.41, 5.74) is 0.481. The van der Waals surface area contributed by atoms with E-state index in [1.165, 1.54) is 23.1 Å². The van der Waals surface area contributed by atoms with Crippen LogP contribution in [0.1, 0.15) is 55.3 Å². The van der Waals surface area contributed by atoms with Gasteiger partial charge in [-0.05, 0) is 31.7 Å². The second-order valence-electron chi connectivity index (χ2n) is 8.71. The number of likely N-dealkylation sites (tertiary alicyclic amines) is 1. The number of nitro benzene ring substituents is 1. The maximum atomic E-state index is 12.9. The summed E-state index contributed by atoms with van der Waals surface area (Å²) < 4.78 is 0. The van der Waals surface area contributed by atoms with E-state index in [-0.39, 0.29) is 59.9 Å². The molecule has 9 nitrogen and oxygen atoms in total. The highest BCUT2D eigenvalue weighted by Crippen LogP contribution is 2.35. The van der Waals surface area contributed by atoms with E-state index in [2.05, 4.69) is 10.6 Å². The lowest BCUT2D eigenvalue weighted by Crippen LogP contribution is -2.37. The topological polar surface area (TPSA) is 122 Å². The molecule has 3 amide bonds. The standard InChI is InChI=1S/C23H28N4O5/c28-21(25-15-6-2-1-3-7-15)19-14-16(27(31)32)10-11-20(19)24-12-13-26-22(29)17-8-4-5-9-18(17)23(26)30/h4-5,10-11,14-15,17-18,24H,1-3,6-9,12-13H2,(H,25,28)/t17-,18-/m1/s1. The Morgan fingerprint density at radius 1 is 1.06 bits per heavy atom. The molecule has 0 radical (unpaired) electrons. The molecule has 0 unspecified atom stereocenters. The largest absolute Gasteiger partial charge is 0.383 e. The molecule has 4 rings (SSSR count). The van der Waals surface area contributed by atoms with Crippen LogP contribution in [0.3, 0.4) is 0 Å². The van der Waals surface area contributed by atoms with Crippen LogP contribution in [0.25, 0.3) is 0 Å². The predicted octanol–water partition coefficient (Wildman–Crippen LogP) is 3.02. The summed E-state index contributed by atoms with van der Waals surface area (Å²) in [5.74, 6) is -1.20. The number of fused-ring (bicyclic) bond motifs is 1. The average Bonchev–Trinajstić information content (AvgIpc) is 3.04. The lowest BCUT2D eigenvalue weighted by atomic mass is 9.85. The number of benzene rings is 1. The number of imide groups is 1. The van der Waals surface area contributed by atoms with Crippen LogP contribution in [0.5, 0.6) is 0 Å². The predicted molar refractivity (Wildman–Crippen MR) is 118 cm³/mol. The molecule has 2 N–H and O–H groups in total. The number of nitro groups is 1. The molecule has 1 heterocycles. The number of hydrogen-bond acceptors (Lipinski definition) is 6. The quantitative estimate of drug-likeness (QED) is 0.291.